The zero-order valence-corrected chi connectivity index (χ0v) is 12.0. The minimum Gasteiger partial charge on any atom is -0.306 e. The third-order valence-corrected chi connectivity index (χ3v) is 4.46. The van der Waals surface area contributed by atoms with E-state index in [0.717, 1.165) is 17.8 Å². The van der Waals surface area contributed by atoms with Crippen LogP contribution >= 0.6 is 0 Å². The Labute approximate surface area is 128 Å². The lowest BCUT2D eigenvalue weighted by Gasteiger charge is -2.07. The fraction of sp³-hybridized carbons (Fsp3) is 0.0500. The summed E-state index contributed by atoms with van der Waals surface area (Å²) in [6.45, 7) is 0. The summed E-state index contributed by atoms with van der Waals surface area (Å²) < 4.78 is 2.08. The number of pyridine rings is 1. The van der Waals surface area contributed by atoms with Gasteiger partial charge in [-0.25, -0.2) is 4.98 Å². The molecule has 1 aliphatic rings. The lowest BCUT2D eigenvalue weighted by atomic mass is 9.98. The molecule has 1 aliphatic carbocycles. The number of rotatable bonds is 1. The number of nitrogens with zero attached hydrogens (tertiary/aromatic N) is 2. The average molecular weight is 282 g/mol. The molecular formula is C20H14N2. The summed E-state index contributed by atoms with van der Waals surface area (Å²) in [6, 6.07) is 21.3. The van der Waals surface area contributed by atoms with E-state index in [1.807, 2.05) is 24.4 Å². The molecule has 0 spiro atoms. The molecule has 2 heterocycles. The van der Waals surface area contributed by atoms with Crippen LogP contribution in [0.1, 0.15) is 11.1 Å². The van der Waals surface area contributed by atoms with Gasteiger partial charge in [-0.05, 0) is 40.8 Å². The number of benzene rings is 2. The number of hydrogen-bond acceptors (Lipinski definition) is 1. The van der Waals surface area contributed by atoms with Crippen molar-refractivity contribution in [2.45, 2.75) is 6.42 Å². The average Bonchev–Trinajstić information content (AvgIpc) is 3.15. The second kappa shape index (κ2) is 4.31. The molecule has 0 bridgehead atoms. The van der Waals surface area contributed by atoms with Gasteiger partial charge in [0.1, 0.15) is 5.65 Å². The number of fused-ring (bicyclic) bond motifs is 4. The Balaban J connectivity index is 1.80. The first-order valence-corrected chi connectivity index (χ1v) is 7.54. The first kappa shape index (κ1) is 11.8. The molecule has 0 amide bonds. The molecule has 0 radical (unpaired) electrons. The number of aromatic nitrogens is 2. The Morgan fingerprint density at radius 2 is 1.59 bits per heavy atom. The minimum atomic E-state index is 0.987. The van der Waals surface area contributed by atoms with Gasteiger partial charge in [0.25, 0.3) is 0 Å². The van der Waals surface area contributed by atoms with Crippen LogP contribution in [-0.4, -0.2) is 9.38 Å². The molecule has 2 heteroatoms. The highest BCUT2D eigenvalue weighted by molar-refractivity contribution is 5.89. The van der Waals surface area contributed by atoms with Crippen molar-refractivity contribution in [2.24, 2.45) is 0 Å². The van der Waals surface area contributed by atoms with E-state index in [-0.39, 0.29) is 0 Å². The molecule has 0 saturated heterocycles. The standard InChI is InChI=1S/C20H14N2/c1-2-8-16-14(6-1)12-15-7-5-9-17(20(15)16)18-13-22-11-4-3-10-19(22)21-18/h1-11,13H,12H2. The fourth-order valence-electron chi connectivity index (χ4n) is 3.47. The minimum absolute atomic E-state index is 0.987. The molecule has 0 unspecified atom stereocenters. The molecule has 5 rings (SSSR count). The third-order valence-electron chi connectivity index (χ3n) is 4.46. The summed E-state index contributed by atoms with van der Waals surface area (Å²) in [7, 11) is 0. The molecule has 104 valence electrons. The number of imidazole rings is 1. The maximum absolute atomic E-state index is 4.80. The predicted octanol–water partition coefficient (Wildman–Crippen LogP) is 4.57. The Kier molecular flexibility index (Phi) is 2.30. The van der Waals surface area contributed by atoms with E-state index in [9.17, 15) is 0 Å². The molecule has 2 aromatic carbocycles. The summed E-state index contributed by atoms with van der Waals surface area (Å²) in [4.78, 5) is 4.80. The van der Waals surface area contributed by atoms with Crippen molar-refractivity contribution in [3.63, 3.8) is 0 Å². The van der Waals surface area contributed by atoms with E-state index in [1.165, 1.54) is 27.8 Å². The van der Waals surface area contributed by atoms with Gasteiger partial charge in [-0.3, -0.25) is 0 Å². The van der Waals surface area contributed by atoms with Crippen LogP contribution in [-0.2, 0) is 6.42 Å². The molecule has 0 N–H and O–H groups in total. The van der Waals surface area contributed by atoms with E-state index in [1.54, 1.807) is 0 Å². The van der Waals surface area contributed by atoms with E-state index in [0.29, 0.717) is 0 Å². The Morgan fingerprint density at radius 1 is 0.773 bits per heavy atom. The molecule has 0 atom stereocenters. The highest BCUT2D eigenvalue weighted by Gasteiger charge is 2.22. The van der Waals surface area contributed by atoms with Crippen LogP contribution < -0.4 is 0 Å². The Bertz CT molecular complexity index is 978. The van der Waals surface area contributed by atoms with Gasteiger partial charge in [0.2, 0.25) is 0 Å². The second-order valence-corrected chi connectivity index (χ2v) is 5.77. The molecule has 4 aromatic rings. The lowest BCUT2D eigenvalue weighted by molar-refractivity contribution is 1.19. The van der Waals surface area contributed by atoms with E-state index >= 15 is 0 Å². The summed E-state index contributed by atoms with van der Waals surface area (Å²) in [5.41, 5.74) is 8.77. The summed E-state index contributed by atoms with van der Waals surface area (Å²) >= 11 is 0. The molecule has 0 aliphatic heterocycles. The molecular weight excluding hydrogens is 268 g/mol. The monoisotopic (exact) mass is 282 g/mol. The molecule has 0 fully saturated rings. The van der Waals surface area contributed by atoms with Crippen LogP contribution in [0.25, 0.3) is 28.0 Å². The first-order valence-electron chi connectivity index (χ1n) is 7.54. The van der Waals surface area contributed by atoms with Crippen LogP contribution in [0.4, 0.5) is 0 Å². The van der Waals surface area contributed by atoms with Gasteiger partial charge in [0, 0.05) is 18.0 Å². The summed E-state index contributed by atoms with van der Waals surface area (Å²) in [6.07, 6.45) is 5.18. The molecule has 0 saturated carbocycles. The van der Waals surface area contributed by atoms with Crippen LogP contribution in [0.15, 0.2) is 73.1 Å². The molecule has 2 aromatic heterocycles. The van der Waals surface area contributed by atoms with Gasteiger partial charge in [-0.15, -0.1) is 0 Å². The summed E-state index contributed by atoms with van der Waals surface area (Å²) in [5, 5.41) is 0. The van der Waals surface area contributed by atoms with E-state index in [4.69, 9.17) is 4.98 Å². The SMILES string of the molecule is c1ccc2c(c1)Cc1cccc(-c3cn4ccccc4n3)c1-2. The van der Waals surface area contributed by atoms with Crippen molar-refractivity contribution >= 4 is 5.65 Å². The lowest BCUT2D eigenvalue weighted by Crippen LogP contribution is -1.85. The van der Waals surface area contributed by atoms with Crippen molar-refractivity contribution in [3.8, 4) is 22.4 Å². The van der Waals surface area contributed by atoms with Crippen LogP contribution in [0.3, 0.4) is 0 Å². The Morgan fingerprint density at radius 3 is 2.55 bits per heavy atom. The quantitative estimate of drug-likeness (QED) is 0.440. The van der Waals surface area contributed by atoms with Gasteiger partial charge >= 0.3 is 0 Å². The third kappa shape index (κ3) is 1.58. The molecule has 22 heavy (non-hydrogen) atoms. The Hall–Kier alpha value is -2.87. The maximum Gasteiger partial charge on any atom is 0.137 e. The predicted molar refractivity (Wildman–Crippen MR) is 88.9 cm³/mol. The van der Waals surface area contributed by atoms with Crippen molar-refractivity contribution in [1.29, 1.82) is 0 Å². The van der Waals surface area contributed by atoms with Gasteiger partial charge in [0.05, 0.1) is 5.69 Å². The van der Waals surface area contributed by atoms with Gasteiger partial charge < -0.3 is 4.40 Å². The maximum atomic E-state index is 4.80. The largest absolute Gasteiger partial charge is 0.306 e. The van der Waals surface area contributed by atoms with Crippen LogP contribution in [0, 0.1) is 0 Å². The van der Waals surface area contributed by atoms with Gasteiger partial charge in [-0.1, -0.05) is 48.5 Å². The zero-order chi connectivity index (χ0) is 14.5. The van der Waals surface area contributed by atoms with Crippen molar-refractivity contribution in [2.75, 3.05) is 0 Å². The van der Waals surface area contributed by atoms with Crippen LogP contribution in [0.2, 0.25) is 0 Å². The molecule has 2 nitrogen and oxygen atoms in total. The first-order chi connectivity index (χ1) is 10.9. The van der Waals surface area contributed by atoms with E-state index in [2.05, 4.69) is 53.1 Å². The normalized spacial score (nSPS) is 12.4. The summed E-state index contributed by atoms with van der Waals surface area (Å²) in [5.74, 6) is 0. The fourth-order valence-corrected chi connectivity index (χ4v) is 3.47. The number of hydrogen-bond donors (Lipinski definition) is 0. The smallest absolute Gasteiger partial charge is 0.137 e. The zero-order valence-electron chi connectivity index (χ0n) is 12.0. The topological polar surface area (TPSA) is 17.3 Å². The van der Waals surface area contributed by atoms with Crippen molar-refractivity contribution in [1.82, 2.24) is 9.38 Å². The van der Waals surface area contributed by atoms with Gasteiger partial charge in [-0.2, -0.15) is 0 Å². The highest BCUT2D eigenvalue weighted by atomic mass is 15.0. The van der Waals surface area contributed by atoms with Crippen molar-refractivity contribution in [3.05, 3.63) is 84.2 Å². The van der Waals surface area contributed by atoms with E-state index < -0.39 is 0 Å². The highest BCUT2D eigenvalue weighted by Crippen LogP contribution is 2.42. The van der Waals surface area contributed by atoms with Crippen molar-refractivity contribution < 1.29 is 0 Å². The van der Waals surface area contributed by atoms with Crippen LogP contribution in [0.5, 0.6) is 0 Å². The van der Waals surface area contributed by atoms with Gasteiger partial charge in [0.15, 0.2) is 0 Å². The second-order valence-electron chi connectivity index (χ2n) is 5.77.